The fourth-order valence-corrected chi connectivity index (χ4v) is 6.12. The van der Waals surface area contributed by atoms with Crippen molar-refractivity contribution in [1.29, 1.82) is 0 Å². The summed E-state index contributed by atoms with van der Waals surface area (Å²) >= 11 is 5.72. The third-order valence-electron chi connectivity index (χ3n) is 6.13. The molecule has 5 nitrogen and oxygen atoms in total. The van der Waals surface area contributed by atoms with Crippen LogP contribution in [0.2, 0.25) is 0 Å². The van der Waals surface area contributed by atoms with E-state index >= 15 is 0 Å². The van der Waals surface area contributed by atoms with E-state index < -0.39 is 6.61 Å². The summed E-state index contributed by atoms with van der Waals surface area (Å²) in [5.41, 5.74) is 2.77. The number of hydrogen-bond acceptors (Lipinski definition) is 5. The van der Waals surface area contributed by atoms with Crippen LogP contribution < -0.4 is 10.1 Å². The summed E-state index contributed by atoms with van der Waals surface area (Å²) in [6.45, 7) is 8.61. The van der Waals surface area contributed by atoms with E-state index in [2.05, 4.69) is 31.5 Å². The van der Waals surface area contributed by atoms with Crippen LogP contribution in [0, 0.1) is 5.41 Å². The maximum absolute atomic E-state index is 12.3. The van der Waals surface area contributed by atoms with Crippen LogP contribution >= 0.6 is 11.6 Å². The molecule has 1 aliphatic carbocycles. The number of nitrogens with zero attached hydrogens (tertiary/aromatic N) is 2. The number of hydrogen-bond donors (Lipinski definition) is 1. The molecule has 1 N–H and O–H groups in total. The molecule has 2 aliphatic heterocycles. The summed E-state index contributed by atoms with van der Waals surface area (Å²) in [6.07, 6.45) is 8.18. The first-order chi connectivity index (χ1) is 16.1. The van der Waals surface area contributed by atoms with Crippen LogP contribution in [0.25, 0.3) is 0 Å². The van der Waals surface area contributed by atoms with Crippen LogP contribution in [-0.2, 0) is 11.2 Å². The van der Waals surface area contributed by atoms with Gasteiger partial charge in [0, 0.05) is 6.38 Å². The van der Waals surface area contributed by atoms with Crippen molar-refractivity contribution in [2.24, 2.45) is 5.41 Å². The quantitative estimate of drug-likeness (QED) is 0.233. The molecule has 4 rings (SSSR count). The Labute approximate surface area is 220 Å². The van der Waals surface area contributed by atoms with Gasteiger partial charge in [0.25, 0.3) is 0 Å². The van der Waals surface area contributed by atoms with Crippen LogP contribution in [0.3, 0.4) is 0 Å². The SMILES string of the molecule is CC.CC.CCl.FC(F)OCCCC1c2c(OC3CC4(CNC4)C3)ccnc2CCN1[CH2][Pb]. The molecule has 2 fully saturated rings. The first-order valence-electron chi connectivity index (χ1n) is 12.1. The topological polar surface area (TPSA) is 46.6 Å². The van der Waals surface area contributed by atoms with Crippen LogP contribution in [0.5, 0.6) is 5.75 Å². The van der Waals surface area contributed by atoms with Crippen molar-refractivity contribution in [3.05, 3.63) is 23.5 Å². The summed E-state index contributed by atoms with van der Waals surface area (Å²) in [6, 6.07) is 2.18. The second-order valence-corrected chi connectivity index (χ2v) is 9.16. The third kappa shape index (κ3) is 8.51. The van der Waals surface area contributed by atoms with E-state index in [1.165, 1.54) is 11.9 Å². The predicted octanol–water partition coefficient (Wildman–Crippen LogP) is 5.16. The summed E-state index contributed by atoms with van der Waals surface area (Å²) < 4.78 is 36.5. The molecule has 1 aromatic rings. The van der Waals surface area contributed by atoms with E-state index in [4.69, 9.17) is 4.74 Å². The number of alkyl halides is 3. The molecule has 1 saturated heterocycles. The number of aromatic nitrogens is 1. The Morgan fingerprint density at radius 1 is 1.24 bits per heavy atom. The molecule has 0 aromatic carbocycles. The van der Waals surface area contributed by atoms with Gasteiger partial charge in [-0.15, -0.1) is 11.6 Å². The Balaban J connectivity index is 0.000000841. The zero-order valence-corrected chi connectivity index (χ0v) is 25.4. The van der Waals surface area contributed by atoms with Crippen LogP contribution in [0.15, 0.2) is 12.3 Å². The molecular weight excluding hydrogens is 643 g/mol. The molecule has 9 heteroatoms. The molecule has 1 aromatic heterocycles. The number of halogens is 3. The Kier molecular flexibility index (Phi) is 15.5. The van der Waals surface area contributed by atoms with Crippen molar-refractivity contribution < 1.29 is 18.3 Å². The van der Waals surface area contributed by atoms with Crippen molar-refractivity contribution in [3.63, 3.8) is 0 Å². The number of rotatable bonds is 8. The van der Waals surface area contributed by atoms with Crippen molar-refractivity contribution in [2.75, 3.05) is 36.7 Å². The molecule has 3 aliphatic rings. The van der Waals surface area contributed by atoms with Gasteiger partial charge in [-0.25, -0.2) is 0 Å². The van der Waals surface area contributed by atoms with Crippen molar-refractivity contribution >= 4 is 37.4 Å². The van der Waals surface area contributed by atoms with Gasteiger partial charge in [0.15, 0.2) is 0 Å². The zero-order valence-electron chi connectivity index (χ0n) is 20.8. The molecule has 1 spiro atoms. The number of nitrogens with one attached hydrogen (secondary N) is 1. The Morgan fingerprint density at radius 2 is 1.91 bits per heavy atom. The van der Waals surface area contributed by atoms with Crippen LogP contribution in [0.4, 0.5) is 8.78 Å². The van der Waals surface area contributed by atoms with Gasteiger partial charge in [-0.2, -0.15) is 0 Å². The minimum absolute atomic E-state index is 0.0904. The van der Waals surface area contributed by atoms with E-state index in [-0.39, 0.29) is 18.8 Å². The number of ether oxygens (including phenoxy) is 2. The Bertz CT molecular complexity index is 661. The van der Waals surface area contributed by atoms with E-state index in [9.17, 15) is 8.78 Å². The first kappa shape index (κ1) is 30.9. The van der Waals surface area contributed by atoms with Crippen molar-refractivity contribution in [2.45, 2.75) is 78.6 Å². The normalized spacial score (nSPS) is 20.6. The fraction of sp³-hybridized carbons (Fsp3) is 0.792. The summed E-state index contributed by atoms with van der Waals surface area (Å²) in [4.78, 5) is 7.07. The van der Waals surface area contributed by atoms with Crippen LogP contribution in [-0.4, -0.2) is 85.1 Å². The van der Waals surface area contributed by atoms with E-state index in [1.54, 1.807) is 0 Å². The van der Waals surface area contributed by atoms with Gasteiger partial charge >= 0.3 is 175 Å². The van der Waals surface area contributed by atoms with E-state index in [0.717, 1.165) is 86.6 Å². The molecular formula is C24H41ClF2N3O2Pb. The van der Waals surface area contributed by atoms with Gasteiger partial charge in [0.1, 0.15) is 0 Å². The summed E-state index contributed by atoms with van der Waals surface area (Å²) in [5.74, 6) is 0.951. The van der Waals surface area contributed by atoms with Crippen LogP contribution in [0.1, 0.15) is 70.7 Å². The van der Waals surface area contributed by atoms with Gasteiger partial charge in [-0.05, 0) is 0 Å². The molecule has 189 valence electrons. The van der Waals surface area contributed by atoms with E-state index in [0.29, 0.717) is 11.8 Å². The third-order valence-corrected chi connectivity index (χ3v) is 7.71. The molecule has 0 bridgehead atoms. The average molecular weight is 684 g/mol. The van der Waals surface area contributed by atoms with Gasteiger partial charge < -0.3 is 0 Å². The van der Waals surface area contributed by atoms with E-state index in [1.807, 2.05) is 40.0 Å². The monoisotopic (exact) mass is 684 g/mol. The standard InChI is InChI=1S/C19H26F2N3O2.2C2H6.CH3Cl.Pb/c1-24-7-5-14-17(15(24)3-2-8-25-18(20)21)16(4-6-23-14)26-13-9-19(10-13)11-22-12-19;3*1-2;/h4,6,13,15,18,22H,1-3,5,7-12H2;2*1-2H3;1H3;. The first-order valence-corrected chi connectivity index (χ1v) is 15.6. The molecule has 33 heavy (non-hydrogen) atoms. The van der Waals surface area contributed by atoms with Gasteiger partial charge in [-0.1, -0.05) is 27.7 Å². The molecule has 3 heterocycles. The molecule has 1 atom stereocenters. The number of pyridine rings is 1. The van der Waals surface area contributed by atoms with Gasteiger partial charge in [0.2, 0.25) is 0 Å². The van der Waals surface area contributed by atoms with Gasteiger partial charge in [0.05, 0.1) is 0 Å². The second kappa shape index (κ2) is 16.6. The molecule has 1 unspecified atom stereocenters. The van der Waals surface area contributed by atoms with Gasteiger partial charge in [-0.3, -0.25) is 0 Å². The Hall–Kier alpha value is -0.0979. The maximum atomic E-state index is 12.3. The molecule has 1 saturated carbocycles. The Morgan fingerprint density at radius 3 is 2.45 bits per heavy atom. The average Bonchev–Trinajstić information content (AvgIpc) is 2.81. The summed E-state index contributed by atoms with van der Waals surface area (Å²) in [7, 11) is 0. The number of fused-ring (bicyclic) bond motifs is 1. The summed E-state index contributed by atoms with van der Waals surface area (Å²) in [5, 5.41) is 3.36. The van der Waals surface area contributed by atoms with Crippen molar-refractivity contribution in [1.82, 2.24) is 15.2 Å². The molecule has 0 amide bonds. The second-order valence-electron chi connectivity index (χ2n) is 7.93. The van der Waals surface area contributed by atoms with Crippen molar-refractivity contribution in [3.8, 4) is 5.75 Å². The predicted molar refractivity (Wildman–Crippen MR) is 133 cm³/mol. The minimum atomic E-state index is -2.69. The molecule has 3 radical (unpaired) electrons. The zero-order chi connectivity index (χ0) is 24.9. The fourth-order valence-electron chi connectivity index (χ4n) is 4.64.